The van der Waals surface area contributed by atoms with Gasteiger partial charge in [-0.2, -0.15) is 10.2 Å². The van der Waals surface area contributed by atoms with Gasteiger partial charge in [-0.3, -0.25) is 9.89 Å². The molecule has 4 heterocycles. The minimum Gasteiger partial charge on any atom is -0.497 e. The highest BCUT2D eigenvalue weighted by atomic mass is 16.5. The lowest BCUT2D eigenvalue weighted by Crippen LogP contribution is -2.49. The molecule has 11 nitrogen and oxygen atoms in total. The zero-order valence-corrected chi connectivity index (χ0v) is 17.4. The van der Waals surface area contributed by atoms with Gasteiger partial charge < -0.3 is 14.5 Å². The Morgan fingerprint density at radius 1 is 1.03 bits per heavy atom. The summed E-state index contributed by atoms with van der Waals surface area (Å²) in [4.78, 5) is 20.8. The second-order valence-electron chi connectivity index (χ2n) is 7.27. The fourth-order valence-electron chi connectivity index (χ4n) is 3.61. The van der Waals surface area contributed by atoms with E-state index >= 15 is 0 Å². The molecule has 0 atom stereocenters. The van der Waals surface area contributed by atoms with E-state index in [4.69, 9.17) is 4.74 Å². The number of aromatic amines is 1. The van der Waals surface area contributed by atoms with Crippen LogP contribution in [-0.2, 0) is 0 Å². The number of carbonyl (C=O) groups excluding carboxylic acids is 1. The van der Waals surface area contributed by atoms with E-state index in [2.05, 4.69) is 35.4 Å². The normalized spacial score (nSPS) is 13.9. The first-order valence-electron chi connectivity index (χ1n) is 10.1. The number of aromatic nitrogens is 7. The van der Waals surface area contributed by atoms with Crippen molar-refractivity contribution in [3.05, 3.63) is 60.8 Å². The third-order valence-corrected chi connectivity index (χ3v) is 5.35. The van der Waals surface area contributed by atoms with Gasteiger partial charge in [0, 0.05) is 31.7 Å². The Morgan fingerprint density at radius 3 is 2.56 bits per heavy atom. The second kappa shape index (κ2) is 8.46. The average Bonchev–Trinajstić information content (AvgIpc) is 3.57. The van der Waals surface area contributed by atoms with Crippen LogP contribution in [0.3, 0.4) is 0 Å². The molecule has 1 aliphatic heterocycles. The van der Waals surface area contributed by atoms with E-state index in [9.17, 15) is 4.79 Å². The average molecular weight is 431 g/mol. The Balaban J connectivity index is 1.22. The first-order valence-corrected chi connectivity index (χ1v) is 10.1. The summed E-state index contributed by atoms with van der Waals surface area (Å²) >= 11 is 0. The molecule has 1 fully saturated rings. The molecule has 0 bridgehead atoms. The van der Waals surface area contributed by atoms with Crippen LogP contribution in [-0.4, -0.2) is 79.3 Å². The van der Waals surface area contributed by atoms with E-state index in [0.29, 0.717) is 43.4 Å². The number of benzene rings is 1. The van der Waals surface area contributed by atoms with Gasteiger partial charge in [0.15, 0.2) is 11.6 Å². The molecule has 1 saturated heterocycles. The lowest BCUT2D eigenvalue weighted by molar-refractivity contribution is 0.0740. The maximum atomic E-state index is 13.0. The van der Waals surface area contributed by atoms with Crippen LogP contribution in [0.2, 0.25) is 0 Å². The Bertz CT molecular complexity index is 1200. The number of nitrogens with zero attached hydrogens (tertiary/aromatic N) is 8. The monoisotopic (exact) mass is 431 g/mol. The molecule has 0 unspecified atom stereocenters. The molecule has 1 aromatic carbocycles. The summed E-state index contributed by atoms with van der Waals surface area (Å²) < 4.78 is 6.82. The number of carbonyl (C=O) groups is 1. The molecule has 0 spiro atoms. The number of piperazine rings is 1. The number of anilines is 1. The Morgan fingerprint density at radius 2 is 1.84 bits per heavy atom. The van der Waals surface area contributed by atoms with Gasteiger partial charge in [-0.05, 0) is 30.3 Å². The van der Waals surface area contributed by atoms with Gasteiger partial charge in [0.1, 0.15) is 24.1 Å². The number of ether oxygens (including phenoxy) is 1. The maximum Gasteiger partial charge on any atom is 0.272 e. The van der Waals surface area contributed by atoms with Gasteiger partial charge in [0.25, 0.3) is 5.91 Å². The molecular formula is C21H21N9O2. The van der Waals surface area contributed by atoms with E-state index in [-0.39, 0.29) is 5.91 Å². The summed E-state index contributed by atoms with van der Waals surface area (Å²) in [5, 5.41) is 19.7. The van der Waals surface area contributed by atoms with Crippen molar-refractivity contribution in [2.24, 2.45) is 0 Å². The number of hydrogen-bond donors (Lipinski definition) is 1. The van der Waals surface area contributed by atoms with E-state index in [1.54, 1.807) is 24.2 Å². The molecule has 162 valence electrons. The van der Waals surface area contributed by atoms with Gasteiger partial charge >= 0.3 is 0 Å². The van der Waals surface area contributed by atoms with Crippen LogP contribution in [0.4, 0.5) is 5.82 Å². The summed E-state index contributed by atoms with van der Waals surface area (Å²) in [6.45, 7) is 2.50. The molecule has 0 radical (unpaired) electrons. The molecular weight excluding hydrogens is 410 g/mol. The number of rotatable bonds is 5. The third kappa shape index (κ3) is 3.87. The van der Waals surface area contributed by atoms with Crippen LogP contribution < -0.4 is 9.64 Å². The Kier molecular flexibility index (Phi) is 5.20. The summed E-state index contributed by atoms with van der Waals surface area (Å²) in [5.74, 6) is 2.04. The predicted octanol–water partition coefficient (Wildman–Crippen LogP) is 1.42. The van der Waals surface area contributed by atoms with Gasteiger partial charge in [0.05, 0.1) is 12.8 Å². The number of amides is 1. The van der Waals surface area contributed by atoms with E-state index < -0.39 is 0 Å². The minimum absolute atomic E-state index is 0.0705. The summed E-state index contributed by atoms with van der Waals surface area (Å²) in [5.41, 5.74) is 2.05. The minimum atomic E-state index is -0.0705. The molecule has 0 aliphatic carbocycles. The van der Waals surface area contributed by atoms with E-state index in [1.807, 2.05) is 41.3 Å². The van der Waals surface area contributed by atoms with Gasteiger partial charge in [-0.1, -0.05) is 12.1 Å². The van der Waals surface area contributed by atoms with Crippen molar-refractivity contribution < 1.29 is 9.53 Å². The van der Waals surface area contributed by atoms with Crippen LogP contribution >= 0.6 is 0 Å². The SMILES string of the molecule is COc1cccc(-c2cc(C(=O)N3CCN(c4ccc(-n5cncn5)nn4)CC3)[nH]n2)c1. The Hall–Kier alpha value is -4.28. The van der Waals surface area contributed by atoms with E-state index in [0.717, 1.165) is 17.1 Å². The highest BCUT2D eigenvalue weighted by Crippen LogP contribution is 2.23. The number of hydrogen-bond acceptors (Lipinski definition) is 8. The molecule has 4 aromatic rings. The zero-order valence-electron chi connectivity index (χ0n) is 17.4. The smallest absolute Gasteiger partial charge is 0.272 e. The lowest BCUT2D eigenvalue weighted by Gasteiger charge is -2.34. The fraction of sp³-hybridized carbons (Fsp3) is 0.238. The summed E-state index contributed by atoms with van der Waals surface area (Å²) in [6, 6.07) is 13.1. The van der Waals surface area contributed by atoms with Crippen LogP contribution in [0.5, 0.6) is 5.75 Å². The largest absolute Gasteiger partial charge is 0.497 e. The first-order chi connectivity index (χ1) is 15.7. The fourth-order valence-corrected chi connectivity index (χ4v) is 3.61. The summed E-state index contributed by atoms with van der Waals surface area (Å²) in [7, 11) is 1.62. The number of nitrogens with one attached hydrogen (secondary N) is 1. The van der Waals surface area contributed by atoms with Crippen molar-refractivity contribution in [2.45, 2.75) is 0 Å². The standard InChI is InChI=1S/C21H21N9O2/c1-32-16-4-2-3-15(11-16)17-12-18(25-24-17)21(31)29-9-7-28(8-10-29)19-5-6-20(27-26-19)30-14-22-13-23-30/h2-6,11-14H,7-10H2,1H3,(H,24,25). The van der Waals surface area contributed by atoms with Gasteiger partial charge in [-0.25, -0.2) is 9.67 Å². The van der Waals surface area contributed by atoms with Gasteiger partial charge in [-0.15, -0.1) is 10.2 Å². The van der Waals surface area contributed by atoms with Crippen LogP contribution in [0.1, 0.15) is 10.5 Å². The molecule has 1 amide bonds. The van der Waals surface area contributed by atoms with Crippen molar-refractivity contribution in [3.63, 3.8) is 0 Å². The Labute approximate surface area is 183 Å². The topological polar surface area (TPSA) is 118 Å². The molecule has 32 heavy (non-hydrogen) atoms. The van der Waals surface area contributed by atoms with Crippen LogP contribution in [0.15, 0.2) is 55.1 Å². The number of H-pyrrole nitrogens is 1. The molecule has 5 rings (SSSR count). The maximum absolute atomic E-state index is 13.0. The molecule has 1 N–H and O–H groups in total. The van der Waals surface area contributed by atoms with Crippen LogP contribution in [0.25, 0.3) is 17.1 Å². The number of methoxy groups -OCH3 is 1. The van der Waals surface area contributed by atoms with Crippen molar-refractivity contribution in [2.75, 3.05) is 38.2 Å². The lowest BCUT2D eigenvalue weighted by atomic mass is 10.1. The van der Waals surface area contributed by atoms with E-state index in [1.165, 1.54) is 6.33 Å². The summed E-state index contributed by atoms with van der Waals surface area (Å²) in [6.07, 6.45) is 3.02. The molecule has 1 aliphatic rings. The van der Waals surface area contributed by atoms with Crippen molar-refractivity contribution in [1.29, 1.82) is 0 Å². The quantitative estimate of drug-likeness (QED) is 0.504. The van der Waals surface area contributed by atoms with Crippen LogP contribution in [0, 0.1) is 0 Å². The molecule has 11 heteroatoms. The second-order valence-corrected chi connectivity index (χ2v) is 7.27. The highest BCUT2D eigenvalue weighted by Gasteiger charge is 2.24. The van der Waals surface area contributed by atoms with Gasteiger partial charge in [0.2, 0.25) is 0 Å². The third-order valence-electron chi connectivity index (χ3n) is 5.35. The highest BCUT2D eigenvalue weighted by molar-refractivity contribution is 5.93. The van der Waals surface area contributed by atoms with Crippen molar-refractivity contribution in [1.82, 2.24) is 40.1 Å². The molecule has 3 aromatic heterocycles. The predicted molar refractivity (Wildman–Crippen MR) is 116 cm³/mol. The molecule has 0 saturated carbocycles. The zero-order chi connectivity index (χ0) is 21.9. The first kappa shape index (κ1) is 19.7. The van der Waals surface area contributed by atoms with Crippen molar-refractivity contribution >= 4 is 11.7 Å². The van der Waals surface area contributed by atoms with Crippen molar-refractivity contribution in [3.8, 4) is 22.8 Å².